The van der Waals surface area contributed by atoms with Crippen LogP contribution in [0.2, 0.25) is 0 Å². The minimum absolute atomic E-state index is 0.121. The Hall–Kier alpha value is -3.74. The molecule has 7 nitrogen and oxygen atoms in total. The number of amides is 1. The Morgan fingerprint density at radius 2 is 1.92 bits per heavy atom. The number of hydrogen-bond donors (Lipinski definition) is 2. The fraction of sp³-hybridized carbons (Fsp3) is 0. The Kier molecular flexibility index (Phi) is 4.66. The summed E-state index contributed by atoms with van der Waals surface area (Å²) in [5, 5.41) is 2.74. The predicted molar refractivity (Wildman–Crippen MR) is 93.0 cm³/mol. The minimum Gasteiger partial charge on any atom is -0.429 e. The minimum atomic E-state index is -0.377. The largest absolute Gasteiger partial charge is 0.429 e. The molecule has 0 spiro atoms. The van der Waals surface area contributed by atoms with E-state index in [-0.39, 0.29) is 17.3 Å². The van der Waals surface area contributed by atoms with Gasteiger partial charge >= 0.3 is 0 Å². The van der Waals surface area contributed by atoms with Crippen molar-refractivity contribution in [2.75, 3.05) is 11.1 Å². The van der Waals surface area contributed by atoms with Gasteiger partial charge in [0.1, 0.15) is 11.6 Å². The molecule has 0 radical (unpaired) electrons. The molecule has 0 aliphatic heterocycles. The maximum absolute atomic E-state index is 12.5. The highest BCUT2D eigenvalue weighted by Crippen LogP contribution is 2.26. The SMILES string of the molecule is Nc1ncc(-c2cccc(OC=O)c2)cc1C(=O)Nc1ccncc1. The molecular formula is C18H14N4O3. The van der Waals surface area contributed by atoms with E-state index in [9.17, 15) is 9.59 Å². The third-order valence-electron chi connectivity index (χ3n) is 3.45. The van der Waals surface area contributed by atoms with Gasteiger partial charge in [0.15, 0.2) is 0 Å². The summed E-state index contributed by atoms with van der Waals surface area (Å²) in [6.07, 6.45) is 4.71. The van der Waals surface area contributed by atoms with Crippen molar-refractivity contribution < 1.29 is 14.3 Å². The lowest BCUT2D eigenvalue weighted by molar-refractivity contribution is -0.120. The highest BCUT2D eigenvalue weighted by Gasteiger charge is 2.13. The van der Waals surface area contributed by atoms with Crippen LogP contribution < -0.4 is 15.8 Å². The first-order chi connectivity index (χ1) is 12.2. The fourth-order valence-corrected chi connectivity index (χ4v) is 2.25. The quantitative estimate of drug-likeness (QED) is 0.694. The molecule has 0 bridgehead atoms. The Balaban J connectivity index is 1.91. The summed E-state index contributed by atoms with van der Waals surface area (Å²) in [5.41, 5.74) is 8.11. The van der Waals surface area contributed by atoms with E-state index in [0.717, 1.165) is 5.56 Å². The molecule has 25 heavy (non-hydrogen) atoms. The second-order valence-electron chi connectivity index (χ2n) is 5.09. The first-order valence-corrected chi connectivity index (χ1v) is 7.35. The van der Waals surface area contributed by atoms with Gasteiger partial charge in [-0.3, -0.25) is 14.6 Å². The first kappa shape index (κ1) is 16.1. The van der Waals surface area contributed by atoms with Gasteiger partial charge in [-0.1, -0.05) is 12.1 Å². The zero-order chi connectivity index (χ0) is 17.6. The molecule has 0 aliphatic carbocycles. The van der Waals surface area contributed by atoms with Gasteiger partial charge in [-0.25, -0.2) is 4.98 Å². The summed E-state index contributed by atoms with van der Waals surface area (Å²) >= 11 is 0. The van der Waals surface area contributed by atoms with Crippen LogP contribution in [0.3, 0.4) is 0 Å². The number of aromatic nitrogens is 2. The molecule has 0 saturated carbocycles. The number of nitrogens with two attached hydrogens (primary N) is 1. The molecular weight excluding hydrogens is 320 g/mol. The van der Waals surface area contributed by atoms with Crippen LogP contribution in [-0.2, 0) is 4.79 Å². The monoisotopic (exact) mass is 334 g/mol. The number of anilines is 2. The molecule has 0 atom stereocenters. The second kappa shape index (κ2) is 7.22. The number of hydrogen-bond acceptors (Lipinski definition) is 6. The lowest BCUT2D eigenvalue weighted by Gasteiger charge is -2.09. The molecule has 124 valence electrons. The van der Waals surface area contributed by atoms with E-state index in [0.29, 0.717) is 23.5 Å². The molecule has 3 rings (SSSR count). The molecule has 1 amide bonds. The zero-order valence-corrected chi connectivity index (χ0v) is 13.0. The van der Waals surface area contributed by atoms with E-state index in [4.69, 9.17) is 10.5 Å². The van der Waals surface area contributed by atoms with E-state index in [2.05, 4.69) is 15.3 Å². The highest BCUT2D eigenvalue weighted by atomic mass is 16.5. The maximum Gasteiger partial charge on any atom is 0.298 e. The van der Waals surface area contributed by atoms with Crippen molar-refractivity contribution in [3.63, 3.8) is 0 Å². The summed E-state index contributed by atoms with van der Waals surface area (Å²) in [7, 11) is 0. The van der Waals surface area contributed by atoms with Crippen molar-refractivity contribution in [1.82, 2.24) is 9.97 Å². The number of rotatable bonds is 5. The second-order valence-corrected chi connectivity index (χ2v) is 5.09. The van der Waals surface area contributed by atoms with Gasteiger partial charge in [0, 0.05) is 29.8 Å². The molecule has 0 aliphatic rings. The van der Waals surface area contributed by atoms with Gasteiger partial charge in [0.2, 0.25) is 0 Å². The molecule has 2 aromatic heterocycles. The number of nitrogens with one attached hydrogen (secondary N) is 1. The summed E-state index contributed by atoms with van der Waals surface area (Å²) in [6.45, 7) is 0.355. The highest BCUT2D eigenvalue weighted by molar-refractivity contribution is 6.07. The molecule has 7 heteroatoms. The van der Waals surface area contributed by atoms with Crippen molar-refractivity contribution in [3.05, 3.63) is 66.6 Å². The Labute approximate surface area is 143 Å². The van der Waals surface area contributed by atoms with Gasteiger partial charge in [0.25, 0.3) is 12.4 Å². The molecule has 0 fully saturated rings. The van der Waals surface area contributed by atoms with Crippen molar-refractivity contribution >= 4 is 23.9 Å². The van der Waals surface area contributed by atoms with Gasteiger partial charge in [-0.15, -0.1) is 0 Å². The molecule has 1 aromatic carbocycles. The summed E-state index contributed by atoms with van der Waals surface area (Å²) < 4.78 is 4.84. The van der Waals surface area contributed by atoms with Crippen LogP contribution >= 0.6 is 0 Å². The van der Waals surface area contributed by atoms with E-state index in [1.54, 1.807) is 55.0 Å². The van der Waals surface area contributed by atoms with E-state index in [1.165, 1.54) is 0 Å². The normalized spacial score (nSPS) is 10.1. The van der Waals surface area contributed by atoms with E-state index >= 15 is 0 Å². The Bertz CT molecular complexity index is 913. The number of carbonyl (C=O) groups is 2. The third-order valence-corrected chi connectivity index (χ3v) is 3.45. The van der Waals surface area contributed by atoms with E-state index < -0.39 is 0 Å². The van der Waals surface area contributed by atoms with Crippen LogP contribution in [0.4, 0.5) is 11.5 Å². The number of benzene rings is 1. The van der Waals surface area contributed by atoms with Gasteiger partial charge < -0.3 is 15.8 Å². The first-order valence-electron chi connectivity index (χ1n) is 7.35. The topological polar surface area (TPSA) is 107 Å². The third kappa shape index (κ3) is 3.78. The fourth-order valence-electron chi connectivity index (χ4n) is 2.25. The molecule has 2 heterocycles. The smallest absolute Gasteiger partial charge is 0.298 e. The van der Waals surface area contributed by atoms with Crippen molar-refractivity contribution in [2.24, 2.45) is 0 Å². The van der Waals surface area contributed by atoms with E-state index in [1.807, 2.05) is 6.07 Å². The van der Waals surface area contributed by atoms with Gasteiger partial charge in [-0.05, 0) is 35.9 Å². The average Bonchev–Trinajstić information content (AvgIpc) is 2.63. The number of pyridine rings is 2. The summed E-state index contributed by atoms with van der Waals surface area (Å²) in [6, 6.07) is 11.9. The average molecular weight is 334 g/mol. The Morgan fingerprint density at radius 3 is 2.68 bits per heavy atom. The van der Waals surface area contributed by atoms with Crippen molar-refractivity contribution in [2.45, 2.75) is 0 Å². The maximum atomic E-state index is 12.5. The van der Waals surface area contributed by atoms with Gasteiger partial charge in [-0.2, -0.15) is 0 Å². The van der Waals surface area contributed by atoms with Crippen LogP contribution in [0.15, 0.2) is 61.1 Å². The number of ether oxygens (including phenoxy) is 1. The van der Waals surface area contributed by atoms with Gasteiger partial charge in [0.05, 0.1) is 5.56 Å². The lowest BCUT2D eigenvalue weighted by atomic mass is 10.0. The van der Waals surface area contributed by atoms with Crippen molar-refractivity contribution in [1.29, 1.82) is 0 Å². The number of nitrogens with zero attached hydrogens (tertiary/aromatic N) is 2. The Morgan fingerprint density at radius 1 is 1.12 bits per heavy atom. The molecule has 0 saturated heterocycles. The van der Waals surface area contributed by atoms with Crippen LogP contribution in [-0.4, -0.2) is 22.3 Å². The van der Waals surface area contributed by atoms with Crippen LogP contribution in [0, 0.1) is 0 Å². The lowest BCUT2D eigenvalue weighted by Crippen LogP contribution is -2.15. The van der Waals surface area contributed by atoms with Crippen molar-refractivity contribution in [3.8, 4) is 16.9 Å². The summed E-state index contributed by atoms with van der Waals surface area (Å²) in [5.74, 6) is 0.140. The standard InChI is InChI=1S/C18H14N4O3/c19-17-16(18(24)22-14-4-6-20-7-5-14)9-13(10-21-17)12-2-1-3-15(8-12)25-11-23/h1-11H,(H2,19,21)(H,20,22,24). The number of carbonyl (C=O) groups excluding carboxylic acids is 2. The van der Waals surface area contributed by atoms with Crippen LogP contribution in [0.25, 0.3) is 11.1 Å². The zero-order valence-electron chi connectivity index (χ0n) is 13.0. The molecule has 0 unspecified atom stereocenters. The summed E-state index contributed by atoms with van der Waals surface area (Å²) in [4.78, 5) is 30.9. The van der Waals surface area contributed by atoms with Crippen LogP contribution in [0.5, 0.6) is 5.75 Å². The predicted octanol–water partition coefficient (Wildman–Crippen LogP) is 2.51. The molecule has 3 aromatic rings. The van der Waals surface area contributed by atoms with Crippen LogP contribution in [0.1, 0.15) is 10.4 Å². The molecule has 3 N–H and O–H groups in total. The number of nitrogen functional groups attached to an aromatic ring is 1.